The highest BCUT2D eigenvalue weighted by Crippen LogP contribution is 1.95. The maximum Gasteiger partial charge on any atom is 0.0677 e. The van der Waals surface area contributed by atoms with Crippen LogP contribution in [0.5, 0.6) is 0 Å². The molecule has 0 saturated carbocycles. The molecule has 1 aromatic rings. The summed E-state index contributed by atoms with van der Waals surface area (Å²) in [4.78, 5) is 0. The smallest absolute Gasteiger partial charge is 0.0677 e. The van der Waals surface area contributed by atoms with Crippen LogP contribution in [-0.4, -0.2) is 4.37 Å². The van der Waals surface area contributed by atoms with E-state index in [4.69, 9.17) is 5.73 Å². The highest BCUT2D eigenvalue weighted by atomic mass is 35.5. The third-order valence-electron chi connectivity index (χ3n) is 0.700. The molecule has 0 aliphatic carbocycles. The molecule has 8 heavy (non-hydrogen) atoms. The first-order valence-corrected chi connectivity index (χ1v) is 2.86. The second kappa shape index (κ2) is 3.83. The van der Waals surface area contributed by atoms with Crippen LogP contribution >= 0.6 is 23.9 Å². The third kappa shape index (κ3) is 1.78. The fourth-order valence-corrected chi connectivity index (χ4v) is 0.892. The number of nitrogens with zero attached hydrogens (tertiary/aromatic N) is 1. The predicted octanol–water partition coefficient (Wildman–Crippen LogP) is 1.02. The summed E-state index contributed by atoms with van der Waals surface area (Å²) in [5.74, 6) is 0. The molecule has 0 radical (unpaired) electrons. The third-order valence-corrected chi connectivity index (χ3v) is 1.30. The zero-order chi connectivity index (χ0) is 5.11. The molecule has 2 N–H and O–H groups in total. The Balaban J connectivity index is 0.000000490. The maximum absolute atomic E-state index is 5.24. The van der Waals surface area contributed by atoms with Gasteiger partial charge in [0, 0.05) is 11.9 Å². The standard InChI is InChI=1S/C4H6N2S.ClH/c5-3-4-1-2-7-6-4;/h1-2H,3,5H2;1H. The summed E-state index contributed by atoms with van der Waals surface area (Å²) in [6.07, 6.45) is 0. The molecule has 0 aromatic carbocycles. The molecule has 0 saturated heterocycles. The number of aromatic nitrogens is 1. The Kier molecular flexibility index (Phi) is 3.77. The molecule has 0 fully saturated rings. The molecule has 0 amide bonds. The highest BCUT2D eigenvalue weighted by Gasteiger charge is 1.84. The van der Waals surface area contributed by atoms with Gasteiger partial charge >= 0.3 is 0 Å². The normalized spacial score (nSPS) is 8.12. The SMILES string of the molecule is Cl.NCc1ccsn1. The van der Waals surface area contributed by atoms with Crippen LogP contribution in [0.15, 0.2) is 11.4 Å². The molecule has 0 atom stereocenters. The summed E-state index contributed by atoms with van der Waals surface area (Å²) in [6.45, 7) is 0.559. The van der Waals surface area contributed by atoms with Gasteiger partial charge in [-0.2, -0.15) is 4.37 Å². The van der Waals surface area contributed by atoms with E-state index in [0.29, 0.717) is 6.54 Å². The Morgan fingerprint density at radius 3 is 2.75 bits per heavy atom. The van der Waals surface area contributed by atoms with Gasteiger partial charge < -0.3 is 5.73 Å². The molecular weight excluding hydrogens is 144 g/mol. The summed E-state index contributed by atoms with van der Waals surface area (Å²) in [6, 6.07) is 1.92. The van der Waals surface area contributed by atoms with E-state index >= 15 is 0 Å². The second-order valence-corrected chi connectivity index (χ2v) is 1.86. The first kappa shape index (κ1) is 7.88. The van der Waals surface area contributed by atoms with Gasteiger partial charge in [-0.3, -0.25) is 0 Å². The van der Waals surface area contributed by atoms with E-state index in [2.05, 4.69) is 4.37 Å². The molecule has 0 aliphatic rings. The molecule has 0 bridgehead atoms. The van der Waals surface area contributed by atoms with Gasteiger partial charge in [0.05, 0.1) is 5.69 Å². The van der Waals surface area contributed by atoms with E-state index in [1.54, 1.807) is 0 Å². The lowest BCUT2D eigenvalue weighted by atomic mass is 10.5. The minimum Gasteiger partial charge on any atom is -0.325 e. The van der Waals surface area contributed by atoms with E-state index in [1.165, 1.54) is 11.5 Å². The second-order valence-electron chi connectivity index (χ2n) is 1.19. The van der Waals surface area contributed by atoms with E-state index < -0.39 is 0 Å². The molecule has 1 heterocycles. The van der Waals surface area contributed by atoms with Crippen LogP contribution < -0.4 is 5.73 Å². The maximum atomic E-state index is 5.24. The summed E-state index contributed by atoms with van der Waals surface area (Å²) in [5.41, 5.74) is 6.22. The van der Waals surface area contributed by atoms with Crippen molar-refractivity contribution in [1.82, 2.24) is 4.37 Å². The Morgan fingerprint density at radius 1 is 1.75 bits per heavy atom. The van der Waals surface area contributed by atoms with Crippen molar-refractivity contribution in [2.45, 2.75) is 6.54 Å². The summed E-state index contributed by atoms with van der Waals surface area (Å²) < 4.78 is 3.95. The average Bonchev–Trinajstić information content (AvgIpc) is 2.14. The predicted molar refractivity (Wildman–Crippen MR) is 37.3 cm³/mol. The van der Waals surface area contributed by atoms with Gasteiger partial charge in [-0.05, 0) is 17.6 Å². The van der Waals surface area contributed by atoms with Gasteiger partial charge in [-0.15, -0.1) is 12.4 Å². The lowest BCUT2D eigenvalue weighted by molar-refractivity contribution is 1.03. The van der Waals surface area contributed by atoms with Gasteiger partial charge in [0.2, 0.25) is 0 Å². The van der Waals surface area contributed by atoms with Crippen molar-refractivity contribution in [1.29, 1.82) is 0 Å². The molecule has 1 rings (SSSR count). The van der Waals surface area contributed by atoms with Crippen molar-refractivity contribution in [2.24, 2.45) is 5.73 Å². The zero-order valence-electron chi connectivity index (χ0n) is 4.20. The molecule has 2 nitrogen and oxygen atoms in total. The molecule has 0 spiro atoms. The first-order valence-electron chi connectivity index (χ1n) is 2.03. The van der Waals surface area contributed by atoms with Crippen molar-refractivity contribution in [3.8, 4) is 0 Å². The Bertz CT molecular complexity index is 129. The highest BCUT2D eigenvalue weighted by molar-refractivity contribution is 7.03. The number of rotatable bonds is 1. The van der Waals surface area contributed by atoms with Crippen molar-refractivity contribution in [3.05, 3.63) is 17.1 Å². The lowest BCUT2D eigenvalue weighted by Gasteiger charge is -1.78. The lowest BCUT2D eigenvalue weighted by Crippen LogP contribution is -1.94. The number of nitrogens with two attached hydrogens (primary N) is 1. The minimum atomic E-state index is 0. The van der Waals surface area contributed by atoms with Crippen LogP contribution in [-0.2, 0) is 6.54 Å². The van der Waals surface area contributed by atoms with Crippen LogP contribution in [0.4, 0.5) is 0 Å². The molecule has 1 aromatic heterocycles. The quantitative estimate of drug-likeness (QED) is 0.650. The molecular formula is C4H7ClN2S. The van der Waals surface area contributed by atoms with Crippen LogP contribution in [0.25, 0.3) is 0 Å². The van der Waals surface area contributed by atoms with E-state index in [1.807, 2.05) is 11.4 Å². The van der Waals surface area contributed by atoms with E-state index in [0.717, 1.165) is 5.69 Å². The van der Waals surface area contributed by atoms with Crippen LogP contribution in [0.1, 0.15) is 5.69 Å². The molecule has 4 heteroatoms. The van der Waals surface area contributed by atoms with Gasteiger partial charge in [0.1, 0.15) is 0 Å². The van der Waals surface area contributed by atoms with Crippen molar-refractivity contribution < 1.29 is 0 Å². The Labute approximate surface area is 58.3 Å². The van der Waals surface area contributed by atoms with E-state index in [9.17, 15) is 0 Å². The summed E-state index contributed by atoms with van der Waals surface area (Å²) in [7, 11) is 0. The largest absolute Gasteiger partial charge is 0.325 e. The van der Waals surface area contributed by atoms with Crippen LogP contribution in [0, 0.1) is 0 Å². The first-order chi connectivity index (χ1) is 3.43. The summed E-state index contributed by atoms with van der Waals surface area (Å²) >= 11 is 1.43. The van der Waals surface area contributed by atoms with Crippen molar-refractivity contribution >= 4 is 23.9 Å². The number of halogens is 1. The number of hydrogen-bond donors (Lipinski definition) is 1. The monoisotopic (exact) mass is 150 g/mol. The fourth-order valence-electron chi connectivity index (χ4n) is 0.343. The topological polar surface area (TPSA) is 38.9 Å². The van der Waals surface area contributed by atoms with Crippen LogP contribution in [0.3, 0.4) is 0 Å². The fraction of sp³-hybridized carbons (Fsp3) is 0.250. The molecule has 0 aliphatic heterocycles. The average molecular weight is 151 g/mol. The minimum absolute atomic E-state index is 0. The van der Waals surface area contributed by atoms with Crippen molar-refractivity contribution in [3.63, 3.8) is 0 Å². The van der Waals surface area contributed by atoms with E-state index in [-0.39, 0.29) is 12.4 Å². The molecule has 0 unspecified atom stereocenters. The molecule has 46 valence electrons. The Hall–Kier alpha value is -0.120. The Morgan fingerprint density at radius 2 is 2.50 bits per heavy atom. The van der Waals surface area contributed by atoms with Crippen molar-refractivity contribution in [2.75, 3.05) is 0 Å². The van der Waals surface area contributed by atoms with Gasteiger partial charge in [-0.25, -0.2) is 0 Å². The summed E-state index contributed by atoms with van der Waals surface area (Å²) in [5, 5.41) is 1.92. The number of hydrogen-bond acceptors (Lipinski definition) is 3. The zero-order valence-corrected chi connectivity index (χ0v) is 5.84. The van der Waals surface area contributed by atoms with Gasteiger partial charge in [0.25, 0.3) is 0 Å². The van der Waals surface area contributed by atoms with Gasteiger partial charge in [0.15, 0.2) is 0 Å². The van der Waals surface area contributed by atoms with Crippen LogP contribution in [0.2, 0.25) is 0 Å². The van der Waals surface area contributed by atoms with Gasteiger partial charge in [-0.1, -0.05) is 0 Å².